The van der Waals surface area contributed by atoms with Gasteiger partial charge in [0.2, 0.25) is 0 Å². The Hall–Kier alpha value is -2.16. The fraction of sp³-hybridized carbons (Fsp3) is 0.188. The van der Waals surface area contributed by atoms with Gasteiger partial charge >= 0.3 is 0 Å². The molecule has 0 atom stereocenters. The lowest BCUT2D eigenvalue weighted by atomic mass is 9.98. The second kappa shape index (κ2) is 5.22. The molecule has 0 saturated heterocycles. The lowest BCUT2D eigenvalue weighted by molar-refractivity contribution is 0.103. The molecule has 0 radical (unpaired) electrons. The van der Waals surface area contributed by atoms with Crippen LogP contribution < -0.4 is 5.73 Å². The Morgan fingerprint density at radius 3 is 2.16 bits per heavy atom. The van der Waals surface area contributed by atoms with Crippen LogP contribution in [0.4, 0.5) is 10.1 Å². The molecule has 2 aromatic rings. The average Bonchev–Trinajstić information content (AvgIpc) is 2.41. The van der Waals surface area contributed by atoms with Gasteiger partial charge in [0.25, 0.3) is 0 Å². The van der Waals surface area contributed by atoms with Crippen molar-refractivity contribution in [2.24, 2.45) is 0 Å². The molecule has 2 N–H and O–H groups in total. The summed E-state index contributed by atoms with van der Waals surface area (Å²) < 4.78 is 13.1. The SMILES string of the molecule is CC(C)c1ccc(C(=O)c2ccc(F)c(N)c2)cc1. The monoisotopic (exact) mass is 257 g/mol. The maximum Gasteiger partial charge on any atom is 0.193 e. The van der Waals surface area contributed by atoms with E-state index >= 15 is 0 Å². The molecule has 0 aliphatic rings. The van der Waals surface area contributed by atoms with Crippen molar-refractivity contribution in [3.63, 3.8) is 0 Å². The van der Waals surface area contributed by atoms with Crippen molar-refractivity contribution in [1.82, 2.24) is 0 Å². The zero-order chi connectivity index (χ0) is 14.0. The Morgan fingerprint density at radius 2 is 1.63 bits per heavy atom. The van der Waals surface area contributed by atoms with Gasteiger partial charge in [0.15, 0.2) is 5.78 Å². The Morgan fingerprint density at radius 1 is 1.05 bits per heavy atom. The van der Waals surface area contributed by atoms with Crippen LogP contribution in [-0.4, -0.2) is 5.78 Å². The number of benzene rings is 2. The molecule has 0 aromatic heterocycles. The summed E-state index contributed by atoms with van der Waals surface area (Å²) in [5.41, 5.74) is 7.62. The van der Waals surface area contributed by atoms with Crippen LogP contribution in [0.5, 0.6) is 0 Å². The van der Waals surface area contributed by atoms with Crippen molar-refractivity contribution in [1.29, 1.82) is 0 Å². The molecule has 0 aliphatic carbocycles. The van der Waals surface area contributed by atoms with E-state index in [9.17, 15) is 9.18 Å². The zero-order valence-corrected chi connectivity index (χ0v) is 11.0. The highest BCUT2D eigenvalue weighted by atomic mass is 19.1. The smallest absolute Gasteiger partial charge is 0.193 e. The minimum absolute atomic E-state index is 0.00958. The number of halogens is 1. The van der Waals surface area contributed by atoms with Crippen LogP contribution in [0.2, 0.25) is 0 Å². The average molecular weight is 257 g/mol. The third kappa shape index (κ3) is 2.81. The molecule has 0 bridgehead atoms. The molecule has 2 rings (SSSR count). The van der Waals surface area contributed by atoms with Gasteiger partial charge in [-0.15, -0.1) is 0 Å². The van der Waals surface area contributed by atoms with Crippen LogP contribution in [-0.2, 0) is 0 Å². The zero-order valence-electron chi connectivity index (χ0n) is 11.0. The first-order valence-electron chi connectivity index (χ1n) is 6.18. The number of hydrogen-bond donors (Lipinski definition) is 1. The highest BCUT2D eigenvalue weighted by Gasteiger charge is 2.11. The predicted octanol–water partition coefficient (Wildman–Crippen LogP) is 3.76. The van der Waals surface area contributed by atoms with Crippen LogP contribution in [0.25, 0.3) is 0 Å². The standard InChI is InChI=1S/C16H16FNO/c1-10(2)11-3-5-12(6-4-11)16(19)13-7-8-14(17)15(18)9-13/h3-10H,18H2,1-2H3. The summed E-state index contributed by atoms with van der Waals surface area (Å²) in [5.74, 6) is -0.237. The van der Waals surface area contributed by atoms with E-state index in [0.717, 1.165) is 0 Å². The van der Waals surface area contributed by atoms with Crippen molar-refractivity contribution in [2.75, 3.05) is 5.73 Å². The van der Waals surface area contributed by atoms with E-state index in [1.54, 1.807) is 12.1 Å². The molecule has 0 saturated carbocycles. The molecule has 98 valence electrons. The topological polar surface area (TPSA) is 43.1 Å². The van der Waals surface area contributed by atoms with Crippen LogP contribution in [0.3, 0.4) is 0 Å². The molecule has 2 nitrogen and oxygen atoms in total. The molecule has 0 unspecified atom stereocenters. The molecule has 0 heterocycles. The van der Waals surface area contributed by atoms with Crippen LogP contribution in [0.1, 0.15) is 41.3 Å². The number of carbonyl (C=O) groups excluding carboxylic acids is 1. The van der Waals surface area contributed by atoms with Gasteiger partial charge in [0, 0.05) is 11.1 Å². The summed E-state index contributed by atoms with van der Waals surface area (Å²) in [6, 6.07) is 11.5. The fourth-order valence-corrected chi connectivity index (χ4v) is 1.87. The highest BCUT2D eigenvalue weighted by Crippen LogP contribution is 2.19. The third-order valence-electron chi connectivity index (χ3n) is 3.10. The second-order valence-electron chi connectivity index (χ2n) is 4.84. The van der Waals surface area contributed by atoms with E-state index in [1.165, 1.54) is 23.8 Å². The van der Waals surface area contributed by atoms with Gasteiger partial charge in [-0.25, -0.2) is 4.39 Å². The molecule has 0 spiro atoms. The summed E-state index contributed by atoms with van der Waals surface area (Å²) in [6.07, 6.45) is 0. The van der Waals surface area contributed by atoms with Crippen LogP contribution in [0, 0.1) is 5.82 Å². The number of nitrogens with two attached hydrogens (primary N) is 1. The number of carbonyl (C=O) groups is 1. The maximum absolute atomic E-state index is 13.1. The van der Waals surface area contributed by atoms with Gasteiger partial charge in [0.1, 0.15) is 5.82 Å². The molecule has 3 heteroatoms. The Labute approximate surface area is 112 Å². The molecular formula is C16H16FNO. The van der Waals surface area contributed by atoms with E-state index in [1.807, 2.05) is 12.1 Å². The van der Waals surface area contributed by atoms with E-state index in [4.69, 9.17) is 5.73 Å². The van der Waals surface area contributed by atoms with Crippen LogP contribution in [0.15, 0.2) is 42.5 Å². The summed E-state index contributed by atoms with van der Waals surface area (Å²) in [6.45, 7) is 4.19. The van der Waals surface area contributed by atoms with Gasteiger partial charge < -0.3 is 5.73 Å². The van der Waals surface area contributed by atoms with Gasteiger partial charge in [0.05, 0.1) is 5.69 Å². The fourth-order valence-electron chi connectivity index (χ4n) is 1.87. The summed E-state index contributed by atoms with van der Waals surface area (Å²) >= 11 is 0. The molecule has 19 heavy (non-hydrogen) atoms. The predicted molar refractivity (Wildman–Crippen MR) is 74.8 cm³/mol. The third-order valence-corrected chi connectivity index (χ3v) is 3.10. The number of hydrogen-bond acceptors (Lipinski definition) is 2. The number of anilines is 1. The number of rotatable bonds is 3. The maximum atomic E-state index is 13.1. The Balaban J connectivity index is 2.30. The number of ketones is 1. The first-order chi connectivity index (χ1) is 8.99. The van der Waals surface area contributed by atoms with Crippen molar-refractivity contribution in [2.45, 2.75) is 19.8 Å². The molecule has 0 fully saturated rings. The normalized spacial score (nSPS) is 10.7. The quantitative estimate of drug-likeness (QED) is 0.672. The Kier molecular flexibility index (Phi) is 3.65. The minimum atomic E-state index is -0.508. The summed E-state index contributed by atoms with van der Waals surface area (Å²) in [4.78, 5) is 12.2. The lowest BCUT2D eigenvalue weighted by Gasteiger charge is -2.07. The Bertz CT molecular complexity index is 603. The van der Waals surface area contributed by atoms with Crippen molar-refractivity contribution < 1.29 is 9.18 Å². The van der Waals surface area contributed by atoms with E-state index in [2.05, 4.69) is 13.8 Å². The van der Waals surface area contributed by atoms with Gasteiger partial charge in [-0.3, -0.25) is 4.79 Å². The highest BCUT2D eigenvalue weighted by molar-refractivity contribution is 6.09. The summed E-state index contributed by atoms with van der Waals surface area (Å²) in [7, 11) is 0. The van der Waals surface area contributed by atoms with Crippen molar-refractivity contribution in [3.05, 3.63) is 65.0 Å². The number of nitrogen functional groups attached to an aromatic ring is 1. The van der Waals surface area contributed by atoms with E-state index in [-0.39, 0.29) is 11.5 Å². The summed E-state index contributed by atoms with van der Waals surface area (Å²) in [5, 5.41) is 0. The van der Waals surface area contributed by atoms with Gasteiger partial charge in [-0.05, 0) is 29.7 Å². The van der Waals surface area contributed by atoms with Crippen molar-refractivity contribution >= 4 is 11.5 Å². The minimum Gasteiger partial charge on any atom is -0.396 e. The van der Waals surface area contributed by atoms with Crippen LogP contribution >= 0.6 is 0 Å². The van der Waals surface area contributed by atoms with Gasteiger partial charge in [-0.1, -0.05) is 38.1 Å². The molecule has 0 aliphatic heterocycles. The second-order valence-corrected chi connectivity index (χ2v) is 4.84. The first kappa shape index (κ1) is 13.3. The molecule has 2 aromatic carbocycles. The molecule has 0 amide bonds. The molecular weight excluding hydrogens is 241 g/mol. The largest absolute Gasteiger partial charge is 0.396 e. The van der Waals surface area contributed by atoms with E-state index in [0.29, 0.717) is 17.0 Å². The lowest BCUT2D eigenvalue weighted by Crippen LogP contribution is -2.03. The van der Waals surface area contributed by atoms with Gasteiger partial charge in [-0.2, -0.15) is 0 Å². The first-order valence-corrected chi connectivity index (χ1v) is 6.18. The van der Waals surface area contributed by atoms with Crippen molar-refractivity contribution in [3.8, 4) is 0 Å². The van der Waals surface area contributed by atoms with E-state index < -0.39 is 5.82 Å².